The summed E-state index contributed by atoms with van der Waals surface area (Å²) < 4.78 is 16.2. The standard InChI is InChI=1S/C16H23NO4/c1-19-11-14-10-16(12-21-14)4-6-17(7-5-16)15(18)9-13-3-2-8-20-13/h2-3,8,14H,4-7,9-12H2,1H3. The first-order chi connectivity index (χ1) is 10.2. The highest BCUT2D eigenvalue weighted by Crippen LogP contribution is 2.42. The average molecular weight is 293 g/mol. The Morgan fingerprint density at radius 3 is 2.95 bits per heavy atom. The van der Waals surface area contributed by atoms with Crippen LogP contribution < -0.4 is 0 Å². The smallest absolute Gasteiger partial charge is 0.230 e. The van der Waals surface area contributed by atoms with Gasteiger partial charge in [-0.1, -0.05) is 0 Å². The van der Waals surface area contributed by atoms with Crippen molar-refractivity contribution >= 4 is 5.91 Å². The van der Waals surface area contributed by atoms with E-state index in [4.69, 9.17) is 13.9 Å². The van der Waals surface area contributed by atoms with Crippen molar-refractivity contribution in [2.45, 2.75) is 31.8 Å². The van der Waals surface area contributed by atoms with Crippen molar-refractivity contribution in [2.24, 2.45) is 5.41 Å². The second-order valence-corrected chi connectivity index (χ2v) is 6.23. The lowest BCUT2D eigenvalue weighted by Crippen LogP contribution is -2.44. The Hall–Kier alpha value is -1.33. The van der Waals surface area contributed by atoms with Gasteiger partial charge in [0.25, 0.3) is 0 Å². The maximum atomic E-state index is 12.3. The van der Waals surface area contributed by atoms with E-state index >= 15 is 0 Å². The van der Waals surface area contributed by atoms with Crippen LogP contribution in [0.15, 0.2) is 22.8 Å². The molecule has 1 aromatic rings. The Balaban J connectivity index is 1.50. The maximum Gasteiger partial charge on any atom is 0.230 e. The number of carbonyl (C=O) groups is 1. The molecule has 2 aliphatic heterocycles. The molecule has 21 heavy (non-hydrogen) atoms. The van der Waals surface area contributed by atoms with Crippen molar-refractivity contribution < 1.29 is 18.7 Å². The predicted octanol–water partition coefficient (Wildman–Crippen LogP) is 1.87. The van der Waals surface area contributed by atoms with E-state index in [1.807, 2.05) is 17.0 Å². The number of nitrogens with zero attached hydrogens (tertiary/aromatic N) is 1. The van der Waals surface area contributed by atoms with E-state index in [0.717, 1.165) is 44.7 Å². The topological polar surface area (TPSA) is 51.9 Å². The molecular weight excluding hydrogens is 270 g/mol. The first-order valence-electron chi connectivity index (χ1n) is 7.61. The summed E-state index contributed by atoms with van der Waals surface area (Å²) in [5.74, 6) is 0.900. The molecule has 0 saturated carbocycles. The summed E-state index contributed by atoms with van der Waals surface area (Å²) in [6.45, 7) is 3.12. The highest BCUT2D eigenvalue weighted by molar-refractivity contribution is 5.78. The van der Waals surface area contributed by atoms with Gasteiger partial charge in [-0.05, 0) is 36.8 Å². The van der Waals surface area contributed by atoms with Gasteiger partial charge in [0.15, 0.2) is 0 Å². The largest absolute Gasteiger partial charge is 0.469 e. The monoisotopic (exact) mass is 293 g/mol. The molecule has 5 heteroatoms. The van der Waals surface area contributed by atoms with Crippen LogP contribution in [0.4, 0.5) is 0 Å². The van der Waals surface area contributed by atoms with E-state index in [-0.39, 0.29) is 17.4 Å². The SMILES string of the molecule is COCC1CC2(CCN(C(=O)Cc3ccco3)CC2)CO1. The molecule has 5 nitrogen and oxygen atoms in total. The number of hydrogen-bond donors (Lipinski definition) is 0. The molecule has 3 heterocycles. The summed E-state index contributed by atoms with van der Waals surface area (Å²) >= 11 is 0. The molecule has 0 aliphatic carbocycles. The summed E-state index contributed by atoms with van der Waals surface area (Å²) in [6.07, 6.45) is 5.30. The predicted molar refractivity (Wildman–Crippen MR) is 76.9 cm³/mol. The minimum Gasteiger partial charge on any atom is -0.469 e. The number of piperidine rings is 1. The quantitative estimate of drug-likeness (QED) is 0.850. The van der Waals surface area contributed by atoms with Gasteiger partial charge < -0.3 is 18.8 Å². The molecule has 2 aliphatic rings. The Bertz CT molecular complexity index is 463. The summed E-state index contributed by atoms with van der Waals surface area (Å²) in [4.78, 5) is 14.2. The fourth-order valence-corrected chi connectivity index (χ4v) is 3.44. The van der Waals surface area contributed by atoms with Gasteiger partial charge >= 0.3 is 0 Å². The molecular formula is C16H23NO4. The van der Waals surface area contributed by atoms with Gasteiger partial charge in [-0.3, -0.25) is 4.79 Å². The number of likely N-dealkylation sites (tertiary alicyclic amines) is 1. The molecule has 0 radical (unpaired) electrons. The van der Waals surface area contributed by atoms with E-state index in [2.05, 4.69) is 0 Å². The van der Waals surface area contributed by atoms with Crippen LogP contribution in [-0.2, 0) is 20.7 Å². The lowest BCUT2D eigenvalue weighted by molar-refractivity contribution is -0.133. The van der Waals surface area contributed by atoms with Crippen LogP contribution in [0, 0.1) is 5.41 Å². The maximum absolute atomic E-state index is 12.3. The van der Waals surface area contributed by atoms with Crippen LogP contribution in [0.25, 0.3) is 0 Å². The second-order valence-electron chi connectivity index (χ2n) is 6.23. The van der Waals surface area contributed by atoms with Gasteiger partial charge in [-0.15, -0.1) is 0 Å². The lowest BCUT2D eigenvalue weighted by atomic mass is 9.76. The van der Waals surface area contributed by atoms with E-state index in [0.29, 0.717) is 13.0 Å². The van der Waals surface area contributed by atoms with E-state index in [9.17, 15) is 4.79 Å². The minimum absolute atomic E-state index is 0.159. The first-order valence-corrected chi connectivity index (χ1v) is 7.61. The van der Waals surface area contributed by atoms with Gasteiger partial charge in [-0.2, -0.15) is 0 Å². The third-order valence-corrected chi connectivity index (χ3v) is 4.72. The fourth-order valence-electron chi connectivity index (χ4n) is 3.44. The molecule has 2 saturated heterocycles. The van der Waals surface area contributed by atoms with Crippen molar-refractivity contribution in [3.63, 3.8) is 0 Å². The molecule has 2 fully saturated rings. The van der Waals surface area contributed by atoms with Crippen LogP contribution in [0.1, 0.15) is 25.0 Å². The van der Waals surface area contributed by atoms with Crippen molar-refractivity contribution in [3.8, 4) is 0 Å². The third-order valence-electron chi connectivity index (χ3n) is 4.72. The molecule has 0 bridgehead atoms. The molecule has 3 rings (SSSR count). The van der Waals surface area contributed by atoms with Gasteiger partial charge in [0.1, 0.15) is 5.76 Å². The van der Waals surface area contributed by atoms with Gasteiger partial charge in [0.05, 0.1) is 32.0 Å². The zero-order chi connectivity index (χ0) is 14.7. The number of carbonyl (C=O) groups excluding carboxylic acids is 1. The normalized spacial score (nSPS) is 24.6. The third kappa shape index (κ3) is 3.30. The van der Waals surface area contributed by atoms with Crippen molar-refractivity contribution in [1.82, 2.24) is 4.90 Å². The number of ether oxygens (including phenoxy) is 2. The lowest BCUT2D eigenvalue weighted by Gasteiger charge is -2.38. The van der Waals surface area contributed by atoms with Gasteiger partial charge in [0, 0.05) is 20.2 Å². The van der Waals surface area contributed by atoms with Crippen molar-refractivity contribution in [3.05, 3.63) is 24.2 Å². The molecule has 1 atom stereocenters. The second kappa shape index (κ2) is 6.20. The zero-order valence-corrected chi connectivity index (χ0v) is 12.5. The van der Waals surface area contributed by atoms with E-state index in [1.165, 1.54) is 0 Å². The van der Waals surface area contributed by atoms with E-state index in [1.54, 1.807) is 13.4 Å². The Labute approximate surface area is 125 Å². The van der Waals surface area contributed by atoms with Crippen molar-refractivity contribution in [1.29, 1.82) is 0 Å². The minimum atomic E-state index is 0.159. The number of furan rings is 1. The van der Waals surface area contributed by atoms with Crippen LogP contribution in [0.5, 0.6) is 0 Å². The van der Waals surface area contributed by atoms with Crippen LogP contribution in [0.2, 0.25) is 0 Å². The first kappa shape index (κ1) is 14.6. The van der Waals surface area contributed by atoms with Gasteiger partial charge in [-0.25, -0.2) is 0 Å². The molecule has 1 spiro atoms. The molecule has 0 N–H and O–H groups in total. The average Bonchev–Trinajstić information content (AvgIpc) is 3.11. The molecule has 116 valence electrons. The summed E-state index contributed by atoms with van der Waals surface area (Å²) in [7, 11) is 1.71. The molecule has 1 amide bonds. The summed E-state index contributed by atoms with van der Waals surface area (Å²) in [5, 5.41) is 0. The van der Waals surface area contributed by atoms with Crippen LogP contribution in [-0.4, -0.2) is 50.3 Å². The molecule has 1 aromatic heterocycles. The summed E-state index contributed by atoms with van der Waals surface area (Å²) in [6, 6.07) is 3.67. The number of rotatable bonds is 4. The Kier molecular flexibility index (Phi) is 4.31. The highest BCUT2D eigenvalue weighted by Gasteiger charge is 2.42. The Morgan fingerprint density at radius 1 is 1.48 bits per heavy atom. The molecule has 0 aromatic carbocycles. The highest BCUT2D eigenvalue weighted by atomic mass is 16.5. The van der Waals surface area contributed by atoms with Crippen molar-refractivity contribution in [2.75, 3.05) is 33.4 Å². The van der Waals surface area contributed by atoms with Gasteiger partial charge in [0.2, 0.25) is 5.91 Å². The molecule has 1 unspecified atom stereocenters. The fraction of sp³-hybridized carbons (Fsp3) is 0.688. The van der Waals surface area contributed by atoms with E-state index < -0.39 is 0 Å². The zero-order valence-electron chi connectivity index (χ0n) is 12.5. The number of methoxy groups -OCH3 is 1. The van der Waals surface area contributed by atoms with Crippen LogP contribution >= 0.6 is 0 Å². The Morgan fingerprint density at radius 2 is 2.29 bits per heavy atom. The number of amides is 1. The summed E-state index contributed by atoms with van der Waals surface area (Å²) in [5.41, 5.74) is 0.255. The van der Waals surface area contributed by atoms with Crippen LogP contribution in [0.3, 0.4) is 0 Å². The number of hydrogen-bond acceptors (Lipinski definition) is 4.